The van der Waals surface area contributed by atoms with Gasteiger partial charge in [0.25, 0.3) is 0 Å². The van der Waals surface area contributed by atoms with Gasteiger partial charge in [0.15, 0.2) is 11.6 Å². The van der Waals surface area contributed by atoms with E-state index in [1.807, 2.05) is 6.08 Å². The highest BCUT2D eigenvalue weighted by Crippen LogP contribution is 2.50. The summed E-state index contributed by atoms with van der Waals surface area (Å²) in [5, 5.41) is 9.48. The molecule has 2 fully saturated rings. The number of carbonyl (C=O) groups excluding carboxylic acids is 3. The van der Waals surface area contributed by atoms with Crippen LogP contribution in [0.1, 0.15) is 64.4 Å². The molecule has 1 aliphatic carbocycles. The summed E-state index contributed by atoms with van der Waals surface area (Å²) in [7, 11) is 1.17. The Morgan fingerprint density at radius 2 is 1.97 bits per heavy atom. The molecular formula is C28H34FNO6. The largest absolute Gasteiger partial charge is 0.505 e. The zero-order chi connectivity index (χ0) is 26.0. The van der Waals surface area contributed by atoms with Crippen molar-refractivity contribution >= 4 is 24.0 Å². The van der Waals surface area contributed by atoms with E-state index in [4.69, 9.17) is 9.47 Å². The molecule has 194 valence electrons. The first-order valence-corrected chi connectivity index (χ1v) is 12.8. The van der Waals surface area contributed by atoms with Crippen molar-refractivity contribution in [2.45, 2.75) is 64.9 Å². The van der Waals surface area contributed by atoms with Crippen molar-refractivity contribution in [2.24, 2.45) is 17.8 Å². The lowest BCUT2D eigenvalue weighted by Crippen LogP contribution is -2.38. The molecule has 8 heteroatoms. The van der Waals surface area contributed by atoms with Gasteiger partial charge in [-0.05, 0) is 55.4 Å². The minimum absolute atomic E-state index is 0.163. The van der Waals surface area contributed by atoms with Crippen LogP contribution in [0.4, 0.5) is 9.18 Å². The SMILES string of the molecule is CCCC1=C2[C@@H](CC/C(=C/c3ccc(O)c(F)c3)CCC)OC[C@@H]2[C@@H]2C(=O)N(C(=O)OC)C(=O)[C@@H]2C1. The lowest BCUT2D eigenvalue weighted by Gasteiger charge is -2.32. The van der Waals surface area contributed by atoms with Gasteiger partial charge < -0.3 is 14.6 Å². The number of hydrogen-bond donors (Lipinski definition) is 1. The molecule has 2 saturated heterocycles. The zero-order valence-electron chi connectivity index (χ0n) is 21.1. The summed E-state index contributed by atoms with van der Waals surface area (Å²) >= 11 is 0. The van der Waals surface area contributed by atoms with E-state index in [1.165, 1.54) is 24.8 Å². The van der Waals surface area contributed by atoms with E-state index in [1.54, 1.807) is 6.07 Å². The van der Waals surface area contributed by atoms with E-state index < -0.39 is 35.6 Å². The summed E-state index contributed by atoms with van der Waals surface area (Å²) in [5.41, 5.74) is 4.14. The number of fused-ring (bicyclic) bond motifs is 3. The fourth-order valence-electron chi connectivity index (χ4n) is 6.04. The third kappa shape index (κ3) is 4.83. The maximum atomic E-state index is 13.8. The number of nitrogens with zero attached hydrogens (tertiary/aromatic N) is 1. The number of halogens is 1. The van der Waals surface area contributed by atoms with Crippen LogP contribution >= 0.6 is 0 Å². The molecule has 3 aliphatic rings. The van der Waals surface area contributed by atoms with Gasteiger partial charge in [0.1, 0.15) is 0 Å². The Morgan fingerprint density at radius 3 is 2.64 bits per heavy atom. The standard InChI is InChI=1S/C28H34FNO6/c1-4-6-16(12-17-8-10-22(31)21(29)13-17)9-11-23-24-18(7-5-2)14-19-25(20(24)15-36-23)27(33)30(26(19)32)28(34)35-3/h8,10,12-13,19-20,23,25,31H,4-7,9,11,14-15H2,1-3H3/b16-12+/t19-,20+,23-,25-/m1/s1. The molecular weight excluding hydrogens is 465 g/mol. The number of hydrogen-bond acceptors (Lipinski definition) is 6. The number of aromatic hydroxyl groups is 1. The highest BCUT2D eigenvalue weighted by molar-refractivity contribution is 6.16. The van der Waals surface area contributed by atoms with E-state index in [2.05, 4.69) is 13.8 Å². The number of likely N-dealkylation sites (tertiary alicyclic amines) is 1. The van der Waals surface area contributed by atoms with E-state index >= 15 is 0 Å². The summed E-state index contributed by atoms with van der Waals surface area (Å²) in [6.07, 6.45) is 6.32. The van der Waals surface area contributed by atoms with Gasteiger partial charge in [0.2, 0.25) is 11.8 Å². The van der Waals surface area contributed by atoms with Crippen LogP contribution < -0.4 is 0 Å². The van der Waals surface area contributed by atoms with Gasteiger partial charge in [-0.15, -0.1) is 0 Å². The maximum Gasteiger partial charge on any atom is 0.423 e. The number of rotatable bonds is 8. The number of phenolic OH excluding ortho intramolecular Hbond substituents is 1. The molecule has 2 heterocycles. The van der Waals surface area contributed by atoms with E-state index in [0.717, 1.165) is 43.3 Å². The molecule has 0 saturated carbocycles. The van der Waals surface area contributed by atoms with E-state index in [-0.39, 0.29) is 17.8 Å². The van der Waals surface area contributed by atoms with Gasteiger partial charge in [-0.25, -0.2) is 9.18 Å². The minimum Gasteiger partial charge on any atom is -0.505 e. The van der Waals surface area contributed by atoms with Crippen LogP contribution in [0.2, 0.25) is 0 Å². The number of benzene rings is 1. The topological polar surface area (TPSA) is 93.1 Å². The van der Waals surface area contributed by atoms with Crippen LogP contribution in [0.5, 0.6) is 5.75 Å². The van der Waals surface area contributed by atoms with Crippen LogP contribution in [-0.4, -0.2) is 47.7 Å². The van der Waals surface area contributed by atoms with Crippen molar-refractivity contribution in [1.29, 1.82) is 0 Å². The summed E-state index contributed by atoms with van der Waals surface area (Å²) in [6, 6.07) is 4.37. The fraction of sp³-hybridized carbons (Fsp3) is 0.536. The molecule has 4 atom stereocenters. The molecule has 7 nitrogen and oxygen atoms in total. The first-order valence-electron chi connectivity index (χ1n) is 12.8. The number of ether oxygens (including phenoxy) is 2. The van der Waals surface area contributed by atoms with Gasteiger partial charge in [0.05, 0.1) is 31.7 Å². The predicted octanol–water partition coefficient (Wildman–Crippen LogP) is 5.38. The number of carbonyl (C=O) groups is 3. The quantitative estimate of drug-likeness (QED) is 0.381. The lowest BCUT2D eigenvalue weighted by atomic mass is 9.68. The number of allylic oxidation sites excluding steroid dienone is 2. The summed E-state index contributed by atoms with van der Waals surface area (Å²) < 4.78 is 24.7. The van der Waals surface area contributed by atoms with Gasteiger partial charge in [0, 0.05) is 5.92 Å². The predicted molar refractivity (Wildman–Crippen MR) is 131 cm³/mol. The van der Waals surface area contributed by atoms with Crippen molar-refractivity contribution in [3.05, 3.63) is 46.3 Å². The Bertz CT molecular complexity index is 1110. The second kappa shape index (κ2) is 10.9. The van der Waals surface area contributed by atoms with Crippen molar-refractivity contribution in [1.82, 2.24) is 4.90 Å². The smallest absolute Gasteiger partial charge is 0.423 e. The molecule has 1 aromatic carbocycles. The molecule has 0 aromatic heterocycles. The molecule has 0 bridgehead atoms. The van der Waals surface area contributed by atoms with Gasteiger partial charge in [-0.1, -0.05) is 50.0 Å². The van der Waals surface area contributed by atoms with Gasteiger partial charge in [-0.3, -0.25) is 9.59 Å². The second-order valence-electron chi connectivity index (χ2n) is 9.86. The molecule has 0 spiro atoms. The highest BCUT2D eigenvalue weighted by atomic mass is 19.1. The molecule has 3 amide bonds. The van der Waals surface area contributed by atoms with Gasteiger partial charge in [-0.2, -0.15) is 4.90 Å². The fourth-order valence-corrected chi connectivity index (χ4v) is 6.04. The van der Waals surface area contributed by atoms with Crippen molar-refractivity contribution in [3.8, 4) is 5.75 Å². The highest BCUT2D eigenvalue weighted by Gasteiger charge is 2.58. The van der Waals surface area contributed by atoms with Crippen LogP contribution in [0.15, 0.2) is 34.9 Å². The summed E-state index contributed by atoms with van der Waals surface area (Å²) in [5.74, 6) is -3.33. The third-order valence-electron chi connectivity index (χ3n) is 7.56. The molecule has 0 unspecified atom stereocenters. The Morgan fingerprint density at radius 1 is 1.19 bits per heavy atom. The molecule has 0 radical (unpaired) electrons. The first kappa shape index (κ1) is 26.1. The number of imide groups is 3. The van der Waals surface area contributed by atoms with Gasteiger partial charge >= 0.3 is 6.09 Å². The van der Waals surface area contributed by atoms with E-state index in [9.17, 15) is 23.9 Å². The van der Waals surface area contributed by atoms with E-state index in [0.29, 0.717) is 29.9 Å². The van der Waals surface area contributed by atoms with Crippen LogP contribution in [0.3, 0.4) is 0 Å². The number of methoxy groups -OCH3 is 1. The summed E-state index contributed by atoms with van der Waals surface area (Å²) in [6.45, 7) is 4.52. The Labute approximate surface area is 210 Å². The number of amides is 3. The molecule has 1 N–H and O–H groups in total. The Balaban J connectivity index is 1.56. The normalized spacial score (nSPS) is 25.9. The monoisotopic (exact) mass is 499 g/mol. The van der Waals surface area contributed by atoms with Crippen LogP contribution in [-0.2, 0) is 19.1 Å². The molecule has 2 aliphatic heterocycles. The molecule has 4 rings (SSSR count). The van der Waals surface area contributed by atoms with Crippen molar-refractivity contribution < 1.29 is 33.4 Å². The average Bonchev–Trinajstić information content (AvgIpc) is 3.38. The first-order chi connectivity index (χ1) is 17.3. The average molecular weight is 500 g/mol. The van der Waals surface area contributed by atoms with Crippen LogP contribution in [0.25, 0.3) is 6.08 Å². The second-order valence-corrected chi connectivity index (χ2v) is 9.86. The number of phenols is 1. The Kier molecular flexibility index (Phi) is 7.93. The third-order valence-corrected chi connectivity index (χ3v) is 7.56. The minimum atomic E-state index is -0.923. The summed E-state index contributed by atoms with van der Waals surface area (Å²) in [4.78, 5) is 38.9. The van der Waals surface area contributed by atoms with Crippen LogP contribution in [0, 0.1) is 23.6 Å². The van der Waals surface area contributed by atoms with Crippen molar-refractivity contribution in [2.75, 3.05) is 13.7 Å². The molecule has 1 aromatic rings. The lowest BCUT2D eigenvalue weighted by molar-refractivity contribution is -0.137. The Hall–Kier alpha value is -3.00. The molecule has 36 heavy (non-hydrogen) atoms. The van der Waals surface area contributed by atoms with Crippen molar-refractivity contribution in [3.63, 3.8) is 0 Å². The zero-order valence-corrected chi connectivity index (χ0v) is 21.1. The maximum absolute atomic E-state index is 13.8.